The molecule has 6 nitrogen and oxygen atoms in total. The number of nitrogens with zero attached hydrogens (tertiary/aromatic N) is 2. The first-order chi connectivity index (χ1) is 11.7. The Morgan fingerprint density at radius 2 is 1.92 bits per heavy atom. The maximum Gasteiger partial charge on any atom is 0.254 e. The van der Waals surface area contributed by atoms with Gasteiger partial charge in [-0.25, -0.2) is 0 Å². The van der Waals surface area contributed by atoms with Gasteiger partial charge in [0.1, 0.15) is 5.75 Å². The number of hydrogen-bond acceptors (Lipinski definition) is 5. The first kappa shape index (κ1) is 16.3. The molecule has 0 spiro atoms. The summed E-state index contributed by atoms with van der Waals surface area (Å²) in [6.45, 7) is 2.85. The molecule has 1 amide bonds. The molecule has 0 saturated carbocycles. The van der Waals surface area contributed by atoms with Gasteiger partial charge in [0.15, 0.2) is 5.76 Å². The molecule has 126 valence electrons. The number of Topliss-reactive ketones (excluding diaryl/α,β-unsaturated/α-hetero) is 1. The van der Waals surface area contributed by atoms with Gasteiger partial charge >= 0.3 is 0 Å². The maximum atomic E-state index is 12.6. The third-order valence-corrected chi connectivity index (χ3v) is 4.14. The normalized spacial score (nSPS) is 15.3. The summed E-state index contributed by atoms with van der Waals surface area (Å²) in [6, 6.07) is 10.5. The van der Waals surface area contributed by atoms with Crippen molar-refractivity contribution in [1.82, 2.24) is 9.80 Å². The quantitative estimate of drug-likeness (QED) is 0.785. The highest BCUT2D eigenvalue weighted by molar-refractivity contribution is 5.95. The number of ketones is 1. The molecule has 0 aliphatic carbocycles. The van der Waals surface area contributed by atoms with Crippen LogP contribution in [0.15, 0.2) is 47.1 Å². The molecule has 1 fully saturated rings. The van der Waals surface area contributed by atoms with Gasteiger partial charge in [-0.1, -0.05) is 6.07 Å². The van der Waals surface area contributed by atoms with Crippen LogP contribution in [-0.4, -0.2) is 61.3 Å². The number of hydrogen-bond donors (Lipinski definition) is 0. The Bertz CT molecular complexity index is 704. The highest BCUT2D eigenvalue weighted by atomic mass is 16.5. The van der Waals surface area contributed by atoms with Crippen LogP contribution in [0.2, 0.25) is 0 Å². The summed E-state index contributed by atoms with van der Waals surface area (Å²) in [4.78, 5) is 28.5. The van der Waals surface area contributed by atoms with Crippen LogP contribution in [0.3, 0.4) is 0 Å². The predicted octanol–water partition coefficient (Wildman–Crippen LogP) is 1.93. The van der Waals surface area contributed by atoms with Crippen LogP contribution >= 0.6 is 0 Å². The minimum Gasteiger partial charge on any atom is -0.497 e. The lowest BCUT2D eigenvalue weighted by Gasteiger charge is -2.34. The lowest BCUT2D eigenvalue weighted by molar-refractivity contribution is 0.0620. The van der Waals surface area contributed by atoms with Crippen LogP contribution in [0.1, 0.15) is 20.9 Å². The third kappa shape index (κ3) is 3.65. The monoisotopic (exact) mass is 328 g/mol. The van der Waals surface area contributed by atoms with E-state index in [9.17, 15) is 9.59 Å². The Hall–Kier alpha value is -2.60. The summed E-state index contributed by atoms with van der Waals surface area (Å²) >= 11 is 0. The van der Waals surface area contributed by atoms with Crippen LogP contribution in [0.25, 0.3) is 0 Å². The first-order valence-electron chi connectivity index (χ1n) is 7.90. The van der Waals surface area contributed by atoms with E-state index in [4.69, 9.17) is 9.15 Å². The molecule has 0 radical (unpaired) electrons. The van der Waals surface area contributed by atoms with E-state index in [1.54, 1.807) is 31.4 Å². The van der Waals surface area contributed by atoms with Crippen molar-refractivity contribution in [3.8, 4) is 5.75 Å². The fraction of sp³-hybridized carbons (Fsp3) is 0.333. The van der Waals surface area contributed by atoms with Crippen molar-refractivity contribution in [2.45, 2.75) is 0 Å². The van der Waals surface area contributed by atoms with Gasteiger partial charge in [-0.2, -0.15) is 0 Å². The van der Waals surface area contributed by atoms with Crippen molar-refractivity contribution < 1.29 is 18.7 Å². The smallest absolute Gasteiger partial charge is 0.254 e. The van der Waals surface area contributed by atoms with Crippen molar-refractivity contribution in [2.24, 2.45) is 0 Å². The maximum absolute atomic E-state index is 12.6. The topological polar surface area (TPSA) is 63.0 Å². The van der Waals surface area contributed by atoms with Gasteiger partial charge in [0.25, 0.3) is 5.91 Å². The molecule has 0 N–H and O–H groups in total. The fourth-order valence-corrected chi connectivity index (χ4v) is 2.77. The molecule has 1 saturated heterocycles. The first-order valence-corrected chi connectivity index (χ1v) is 7.90. The standard InChI is InChI=1S/C18H20N2O4/c1-23-15-5-2-4-14(12-15)18(22)20-9-7-19(8-10-20)13-16(21)17-6-3-11-24-17/h2-6,11-12H,7-10,13H2,1H3. The molecular weight excluding hydrogens is 308 g/mol. The number of carbonyl (C=O) groups excluding carboxylic acids is 2. The van der Waals surface area contributed by atoms with E-state index in [1.165, 1.54) is 6.26 Å². The molecule has 24 heavy (non-hydrogen) atoms. The van der Waals surface area contributed by atoms with E-state index in [1.807, 2.05) is 21.9 Å². The van der Waals surface area contributed by atoms with E-state index in [0.29, 0.717) is 49.8 Å². The molecule has 0 unspecified atom stereocenters. The summed E-state index contributed by atoms with van der Waals surface area (Å²) < 4.78 is 10.3. The molecule has 1 aliphatic rings. The second-order valence-corrected chi connectivity index (χ2v) is 5.70. The van der Waals surface area contributed by atoms with E-state index in [-0.39, 0.29) is 11.7 Å². The molecule has 3 rings (SSSR count). The minimum atomic E-state index is -0.0347. The van der Waals surface area contributed by atoms with E-state index >= 15 is 0 Å². The van der Waals surface area contributed by atoms with Crippen molar-refractivity contribution in [2.75, 3.05) is 39.8 Å². The Kier molecular flexibility index (Phi) is 4.96. The zero-order valence-corrected chi connectivity index (χ0v) is 13.6. The van der Waals surface area contributed by atoms with Crippen LogP contribution in [0, 0.1) is 0 Å². The second-order valence-electron chi connectivity index (χ2n) is 5.70. The molecule has 6 heteroatoms. The van der Waals surface area contributed by atoms with Crippen molar-refractivity contribution in [3.05, 3.63) is 54.0 Å². The molecule has 0 bridgehead atoms. The van der Waals surface area contributed by atoms with E-state index in [0.717, 1.165) is 0 Å². The van der Waals surface area contributed by atoms with Crippen LogP contribution in [0.5, 0.6) is 5.75 Å². The van der Waals surface area contributed by atoms with Gasteiger partial charge in [0.05, 0.1) is 19.9 Å². The second kappa shape index (κ2) is 7.31. The summed E-state index contributed by atoms with van der Waals surface area (Å²) in [5.74, 6) is 1.01. The van der Waals surface area contributed by atoms with Gasteiger partial charge in [-0.3, -0.25) is 14.5 Å². The molecular formula is C18H20N2O4. The minimum absolute atomic E-state index is 0.00842. The van der Waals surface area contributed by atoms with Gasteiger partial charge < -0.3 is 14.1 Å². The molecule has 2 heterocycles. The van der Waals surface area contributed by atoms with Gasteiger partial charge in [0, 0.05) is 31.7 Å². The largest absolute Gasteiger partial charge is 0.497 e. The number of ether oxygens (including phenoxy) is 1. The summed E-state index contributed by atoms with van der Waals surface area (Å²) in [5, 5.41) is 0. The molecule has 2 aromatic rings. The number of amides is 1. The van der Waals surface area contributed by atoms with Gasteiger partial charge in [-0.05, 0) is 30.3 Å². The van der Waals surface area contributed by atoms with Crippen molar-refractivity contribution in [3.63, 3.8) is 0 Å². The lowest BCUT2D eigenvalue weighted by Crippen LogP contribution is -2.49. The van der Waals surface area contributed by atoms with Crippen molar-refractivity contribution in [1.29, 1.82) is 0 Å². The van der Waals surface area contributed by atoms with Gasteiger partial charge in [-0.15, -0.1) is 0 Å². The van der Waals surface area contributed by atoms with Crippen LogP contribution in [0.4, 0.5) is 0 Å². The fourth-order valence-electron chi connectivity index (χ4n) is 2.77. The number of rotatable bonds is 5. The Balaban J connectivity index is 1.54. The summed E-state index contributed by atoms with van der Waals surface area (Å²) in [6.07, 6.45) is 1.50. The van der Waals surface area contributed by atoms with E-state index < -0.39 is 0 Å². The Labute approximate surface area is 140 Å². The number of methoxy groups -OCH3 is 1. The zero-order valence-electron chi connectivity index (χ0n) is 13.6. The van der Waals surface area contributed by atoms with Gasteiger partial charge in [0.2, 0.25) is 5.78 Å². The molecule has 1 aromatic heterocycles. The van der Waals surface area contributed by atoms with Crippen molar-refractivity contribution >= 4 is 11.7 Å². The Morgan fingerprint density at radius 3 is 2.58 bits per heavy atom. The van der Waals surface area contributed by atoms with E-state index in [2.05, 4.69) is 0 Å². The molecule has 1 aromatic carbocycles. The third-order valence-electron chi connectivity index (χ3n) is 4.14. The lowest BCUT2D eigenvalue weighted by atomic mass is 10.1. The molecule has 1 aliphatic heterocycles. The van der Waals surface area contributed by atoms with Crippen LogP contribution < -0.4 is 4.74 Å². The average Bonchev–Trinajstić information content (AvgIpc) is 3.16. The average molecular weight is 328 g/mol. The Morgan fingerprint density at radius 1 is 1.12 bits per heavy atom. The zero-order chi connectivity index (χ0) is 16.9. The summed E-state index contributed by atoms with van der Waals surface area (Å²) in [5.41, 5.74) is 0.620. The number of benzene rings is 1. The summed E-state index contributed by atoms with van der Waals surface area (Å²) in [7, 11) is 1.58. The molecule has 0 atom stereocenters. The highest BCUT2D eigenvalue weighted by Crippen LogP contribution is 2.15. The number of carbonyl (C=O) groups is 2. The highest BCUT2D eigenvalue weighted by Gasteiger charge is 2.24. The number of piperazine rings is 1. The SMILES string of the molecule is COc1cccc(C(=O)N2CCN(CC(=O)c3ccco3)CC2)c1. The van der Waals surface area contributed by atoms with Crippen LogP contribution in [-0.2, 0) is 0 Å². The number of furan rings is 1. The predicted molar refractivity (Wildman–Crippen MR) is 88.4 cm³/mol.